The van der Waals surface area contributed by atoms with Crippen molar-refractivity contribution in [3.8, 4) is 0 Å². The number of rotatable bonds is 1. The van der Waals surface area contributed by atoms with Gasteiger partial charge in [-0.3, -0.25) is 9.59 Å². The van der Waals surface area contributed by atoms with Crippen molar-refractivity contribution in [3.63, 3.8) is 0 Å². The van der Waals surface area contributed by atoms with Crippen LogP contribution in [-0.4, -0.2) is 23.2 Å². The predicted octanol–water partition coefficient (Wildman–Crippen LogP) is 3.85. The van der Waals surface area contributed by atoms with Gasteiger partial charge < -0.3 is 9.88 Å². The van der Waals surface area contributed by atoms with Gasteiger partial charge in [0, 0.05) is 35.1 Å². The normalized spacial score (nSPS) is 14.1. The van der Waals surface area contributed by atoms with E-state index in [1.165, 1.54) is 12.1 Å². The molecule has 1 aliphatic rings. The molecule has 1 aliphatic heterocycles. The average molecular weight is 322 g/mol. The first-order valence-electron chi connectivity index (χ1n) is 7.78. The number of fused-ring (bicyclic) bond motifs is 2. The number of carbonyl (C=O) groups excluding carboxylic acids is 2. The Kier molecular flexibility index (Phi) is 3.23. The number of para-hydroxylation sites is 1. The Labute approximate surface area is 137 Å². The smallest absolute Gasteiger partial charge is 0.260 e. The largest absolute Gasteiger partial charge is 0.358 e. The summed E-state index contributed by atoms with van der Waals surface area (Å²) in [4.78, 5) is 30.0. The van der Waals surface area contributed by atoms with Gasteiger partial charge in [-0.2, -0.15) is 0 Å². The van der Waals surface area contributed by atoms with Gasteiger partial charge in [-0.1, -0.05) is 12.1 Å². The van der Waals surface area contributed by atoms with E-state index < -0.39 is 0 Å². The van der Waals surface area contributed by atoms with Gasteiger partial charge in [-0.25, -0.2) is 4.39 Å². The molecule has 2 aromatic carbocycles. The van der Waals surface area contributed by atoms with Crippen LogP contribution in [0.3, 0.4) is 0 Å². The zero-order valence-corrected chi connectivity index (χ0v) is 13.1. The first-order valence-corrected chi connectivity index (χ1v) is 7.78. The summed E-state index contributed by atoms with van der Waals surface area (Å²) in [6, 6.07) is 11.5. The maximum atomic E-state index is 13.6. The molecule has 0 unspecified atom stereocenters. The van der Waals surface area contributed by atoms with E-state index in [-0.39, 0.29) is 17.5 Å². The molecular formula is C19H15FN2O2. The van der Waals surface area contributed by atoms with Gasteiger partial charge in [0.1, 0.15) is 5.82 Å². The van der Waals surface area contributed by atoms with Crippen LogP contribution in [0.5, 0.6) is 0 Å². The van der Waals surface area contributed by atoms with Crippen LogP contribution in [0.2, 0.25) is 0 Å². The molecule has 4 nitrogen and oxygen atoms in total. The number of Topliss-reactive ketones (excluding diaryl/α,β-unsaturated/α-hetero) is 1. The fraction of sp³-hybridized carbons (Fsp3) is 0.158. The summed E-state index contributed by atoms with van der Waals surface area (Å²) in [5, 5.41) is 0.562. The SMILES string of the molecule is Cc1[nH]c2ccc(F)cc2c1C(=O)N1CCC(=O)c2ccccc21. The Balaban J connectivity index is 1.86. The maximum Gasteiger partial charge on any atom is 0.260 e. The van der Waals surface area contributed by atoms with Crippen molar-refractivity contribution < 1.29 is 14.0 Å². The number of nitrogens with one attached hydrogen (secondary N) is 1. The van der Waals surface area contributed by atoms with E-state index in [1.807, 2.05) is 0 Å². The standard InChI is InChI=1S/C19H15FN2O2/c1-11-18(14-10-12(20)6-7-15(14)21-11)19(24)22-9-8-17(23)13-4-2-3-5-16(13)22/h2-7,10,21H,8-9H2,1H3. The fourth-order valence-electron chi connectivity index (χ4n) is 3.33. The molecule has 0 spiro atoms. The van der Waals surface area contributed by atoms with Gasteiger partial charge in [0.2, 0.25) is 0 Å². The number of ketones is 1. The Hall–Kier alpha value is -2.95. The molecule has 0 saturated carbocycles. The molecule has 0 atom stereocenters. The molecule has 4 rings (SSSR count). The molecule has 0 fully saturated rings. The fourth-order valence-corrected chi connectivity index (χ4v) is 3.33. The second-order valence-electron chi connectivity index (χ2n) is 5.96. The first kappa shape index (κ1) is 14.6. The minimum Gasteiger partial charge on any atom is -0.358 e. The molecule has 0 radical (unpaired) electrons. The number of aromatic amines is 1. The molecule has 3 aromatic rings. The molecule has 5 heteroatoms. The van der Waals surface area contributed by atoms with E-state index in [4.69, 9.17) is 0 Å². The number of nitrogens with zero attached hydrogens (tertiary/aromatic N) is 1. The molecule has 120 valence electrons. The number of hydrogen-bond acceptors (Lipinski definition) is 2. The van der Waals surface area contributed by atoms with E-state index in [0.717, 1.165) is 5.52 Å². The molecule has 24 heavy (non-hydrogen) atoms. The average Bonchev–Trinajstić information content (AvgIpc) is 2.90. The number of hydrogen-bond donors (Lipinski definition) is 1. The van der Waals surface area contributed by atoms with Crippen LogP contribution in [0, 0.1) is 12.7 Å². The molecule has 0 bridgehead atoms. The van der Waals surface area contributed by atoms with E-state index >= 15 is 0 Å². The zero-order chi connectivity index (χ0) is 16.8. The number of amides is 1. The summed E-state index contributed by atoms with van der Waals surface area (Å²) in [7, 11) is 0. The second-order valence-corrected chi connectivity index (χ2v) is 5.96. The quantitative estimate of drug-likeness (QED) is 0.740. The summed E-state index contributed by atoms with van der Waals surface area (Å²) in [5.41, 5.74) is 3.03. The third kappa shape index (κ3) is 2.12. The molecule has 2 heterocycles. The van der Waals surface area contributed by atoms with Crippen LogP contribution in [0.15, 0.2) is 42.5 Å². The number of carbonyl (C=O) groups is 2. The number of halogens is 1. The van der Waals surface area contributed by atoms with Gasteiger partial charge in [0.15, 0.2) is 5.78 Å². The van der Waals surface area contributed by atoms with Crippen LogP contribution in [0.25, 0.3) is 10.9 Å². The second kappa shape index (κ2) is 5.30. The maximum absolute atomic E-state index is 13.6. The Morgan fingerprint density at radius 2 is 2.00 bits per heavy atom. The molecule has 0 saturated heterocycles. The van der Waals surface area contributed by atoms with Crippen molar-refractivity contribution in [3.05, 3.63) is 65.1 Å². The molecule has 1 N–H and O–H groups in total. The summed E-state index contributed by atoms with van der Waals surface area (Å²) in [5.74, 6) is -0.564. The minimum atomic E-state index is -0.384. The van der Waals surface area contributed by atoms with Gasteiger partial charge in [-0.05, 0) is 37.3 Å². The lowest BCUT2D eigenvalue weighted by molar-refractivity contribution is 0.0955. The zero-order valence-electron chi connectivity index (χ0n) is 13.1. The number of aromatic nitrogens is 1. The van der Waals surface area contributed by atoms with Gasteiger partial charge in [0.25, 0.3) is 5.91 Å². The Bertz CT molecular complexity index is 990. The molecular weight excluding hydrogens is 307 g/mol. The minimum absolute atomic E-state index is 0.0383. The number of aryl methyl sites for hydroxylation is 1. The van der Waals surface area contributed by atoms with Crippen molar-refractivity contribution in [1.29, 1.82) is 0 Å². The van der Waals surface area contributed by atoms with Crippen molar-refractivity contribution in [1.82, 2.24) is 4.98 Å². The van der Waals surface area contributed by atoms with Crippen molar-refractivity contribution >= 4 is 28.3 Å². The Morgan fingerprint density at radius 1 is 1.21 bits per heavy atom. The van der Waals surface area contributed by atoms with Gasteiger partial charge in [0.05, 0.1) is 11.3 Å². The van der Waals surface area contributed by atoms with E-state index in [1.54, 1.807) is 42.2 Å². The lowest BCUT2D eigenvalue weighted by Crippen LogP contribution is -2.37. The third-order valence-corrected chi connectivity index (χ3v) is 4.46. The van der Waals surface area contributed by atoms with Crippen LogP contribution in [-0.2, 0) is 0 Å². The molecule has 0 aliphatic carbocycles. The van der Waals surface area contributed by atoms with E-state index in [0.29, 0.717) is 40.9 Å². The number of H-pyrrole nitrogens is 1. The lowest BCUT2D eigenvalue weighted by atomic mass is 9.99. The summed E-state index contributed by atoms with van der Waals surface area (Å²) < 4.78 is 13.6. The van der Waals surface area contributed by atoms with Crippen LogP contribution >= 0.6 is 0 Å². The van der Waals surface area contributed by atoms with Crippen LogP contribution in [0.4, 0.5) is 10.1 Å². The predicted molar refractivity (Wildman–Crippen MR) is 90.1 cm³/mol. The van der Waals surface area contributed by atoms with Crippen LogP contribution < -0.4 is 4.90 Å². The first-order chi connectivity index (χ1) is 11.6. The molecule has 1 aromatic heterocycles. The number of anilines is 1. The highest BCUT2D eigenvalue weighted by atomic mass is 19.1. The van der Waals surface area contributed by atoms with Gasteiger partial charge >= 0.3 is 0 Å². The number of benzene rings is 2. The monoisotopic (exact) mass is 322 g/mol. The van der Waals surface area contributed by atoms with Crippen molar-refractivity contribution in [2.45, 2.75) is 13.3 Å². The highest BCUT2D eigenvalue weighted by molar-refractivity contribution is 6.18. The van der Waals surface area contributed by atoms with Crippen LogP contribution in [0.1, 0.15) is 32.8 Å². The van der Waals surface area contributed by atoms with E-state index in [2.05, 4.69) is 4.98 Å². The summed E-state index contributed by atoms with van der Waals surface area (Å²) in [6.07, 6.45) is 0.290. The highest BCUT2D eigenvalue weighted by Crippen LogP contribution is 2.31. The summed E-state index contributed by atoms with van der Waals surface area (Å²) in [6.45, 7) is 2.13. The Morgan fingerprint density at radius 3 is 2.83 bits per heavy atom. The van der Waals surface area contributed by atoms with Gasteiger partial charge in [-0.15, -0.1) is 0 Å². The molecule has 1 amide bonds. The highest BCUT2D eigenvalue weighted by Gasteiger charge is 2.29. The topological polar surface area (TPSA) is 53.2 Å². The third-order valence-electron chi connectivity index (χ3n) is 4.46. The summed E-state index contributed by atoms with van der Waals surface area (Å²) >= 11 is 0. The van der Waals surface area contributed by atoms with Crippen molar-refractivity contribution in [2.24, 2.45) is 0 Å². The van der Waals surface area contributed by atoms with E-state index in [9.17, 15) is 14.0 Å². The lowest BCUT2D eigenvalue weighted by Gasteiger charge is -2.28. The van der Waals surface area contributed by atoms with Crippen molar-refractivity contribution in [2.75, 3.05) is 11.4 Å².